The van der Waals surface area contributed by atoms with Crippen LogP contribution in [0.15, 0.2) is 43.0 Å². The summed E-state index contributed by atoms with van der Waals surface area (Å²) < 4.78 is 3.58. The maximum atomic E-state index is 9.62. The number of rotatable bonds is 3. The van der Waals surface area contributed by atoms with Gasteiger partial charge in [-0.25, -0.2) is 19.0 Å². The van der Waals surface area contributed by atoms with Crippen LogP contribution in [0, 0.1) is 0 Å². The van der Waals surface area contributed by atoms with Crippen LogP contribution in [0.3, 0.4) is 0 Å². The number of imidazole rings is 1. The number of aliphatic hydroxyl groups is 1. The van der Waals surface area contributed by atoms with E-state index in [4.69, 9.17) is 0 Å². The molecule has 1 saturated carbocycles. The van der Waals surface area contributed by atoms with E-state index in [1.807, 2.05) is 41.3 Å². The molecule has 4 aromatic heterocycles. The summed E-state index contributed by atoms with van der Waals surface area (Å²) in [5, 5.41) is 22.2. The number of aromatic nitrogens is 6. The zero-order valence-electron chi connectivity index (χ0n) is 14.2. The highest BCUT2D eigenvalue weighted by atomic mass is 16.3. The second-order valence-corrected chi connectivity index (χ2v) is 6.74. The van der Waals surface area contributed by atoms with Crippen molar-refractivity contribution in [2.45, 2.75) is 37.8 Å². The molecule has 132 valence electrons. The molecule has 0 amide bonds. The molecule has 0 spiro atoms. The van der Waals surface area contributed by atoms with Crippen LogP contribution < -0.4 is 5.32 Å². The lowest BCUT2D eigenvalue weighted by Gasteiger charge is -2.26. The van der Waals surface area contributed by atoms with Gasteiger partial charge in [0.25, 0.3) is 0 Å². The summed E-state index contributed by atoms with van der Waals surface area (Å²) >= 11 is 0. The van der Waals surface area contributed by atoms with Gasteiger partial charge in [0.15, 0.2) is 5.65 Å². The van der Waals surface area contributed by atoms with E-state index in [1.165, 1.54) is 0 Å². The van der Waals surface area contributed by atoms with Gasteiger partial charge in [0.1, 0.15) is 0 Å². The normalized spacial score (nSPS) is 20.7. The number of anilines is 1. The van der Waals surface area contributed by atoms with Gasteiger partial charge in [-0.15, -0.1) is 5.10 Å². The zero-order chi connectivity index (χ0) is 17.5. The molecule has 8 nitrogen and oxygen atoms in total. The van der Waals surface area contributed by atoms with Crippen molar-refractivity contribution in [2.24, 2.45) is 0 Å². The summed E-state index contributed by atoms with van der Waals surface area (Å²) in [6.45, 7) is 0. The average Bonchev–Trinajstić information content (AvgIpc) is 3.29. The quantitative estimate of drug-likeness (QED) is 0.589. The fraction of sp³-hybridized carbons (Fsp3) is 0.333. The predicted molar refractivity (Wildman–Crippen MR) is 96.9 cm³/mol. The molecular formula is C18H19N7O. The van der Waals surface area contributed by atoms with Crippen LogP contribution in [0.1, 0.15) is 25.7 Å². The Labute approximate surface area is 149 Å². The van der Waals surface area contributed by atoms with E-state index in [0.717, 1.165) is 48.1 Å². The predicted octanol–water partition coefficient (Wildman–Crippen LogP) is 2.15. The molecule has 4 heterocycles. The van der Waals surface area contributed by atoms with Crippen molar-refractivity contribution in [3.05, 3.63) is 43.0 Å². The Balaban J connectivity index is 1.44. The molecule has 1 aliphatic carbocycles. The van der Waals surface area contributed by atoms with Crippen LogP contribution in [0.25, 0.3) is 22.4 Å². The van der Waals surface area contributed by atoms with Gasteiger partial charge in [-0.3, -0.25) is 0 Å². The Morgan fingerprint density at radius 1 is 0.962 bits per heavy atom. The molecule has 0 unspecified atom stereocenters. The summed E-state index contributed by atoms with van der Waals surface area (Å²) in [5.74, 6) is 0.610. The van der Waals surface area contributed by atoms with Gasteiger partial charge in [0, 0.05) is 30.2 Å². The summed E-state index contributed by atoms with van der Waals surface area (Å²) in [7, 11) is 0. The third-order valence-corrected chi connectivity index (χ3v) is 4.98. The molecular weight excluding hydrogens is 330 g/mol. The van der Waals surface area contributed by atoms with Crippen LogP contribution in [0.2, 0.25) is 0 Å². The SMILES string of the molecule is O[C@H]1CC[C@@H](Nc2ncc3c(-c4ccc5nccn5n4)ccn3n2)CC1. The molecule has 0 aliphatic heterocycles. The molecule has 0 radical (unpaired) electrons. The lowest BCUT2D eigenvalue weighted by molar-refractivity contribution is 0.126. The summed E-state index contributed by atoms with van der Waals surface area (Å²) in [6, 6.07) is 6.21. The van der Waals surface area contributed by atoms with E-state index in [2.05, 4.69) is 25.5 Å². The minimum absolute atomic E-state index is 0.163. The van der Waals surface area contributed by atoms with Gasteiger partial charge in [-0.2, -0.15) is 5.10 Å². The van der Waals surface area contributed by atoms with Crippen molar-refractivity contribution in [3.63, 3.8) is 0 Å². The van der Waals surface area contributed by atoms with E-state index in [-0.39, 0.29) is 6.10 Å². The standard InChI is InChI=1S/C18H19N7O/c26-13-3-1-12(2-4-13)21-18-20-11-16-14(7-9-24(16)23-18)15-5-6-17-19-8-10-25(17)22-15/h5-13,26H,1-4H2,(H,21,23)/t12-,13+. The fourth-order valence-corrected chi connectivity index (χ4v) is 3.54. The van der Waals surface area contributed by atoms with Crippen LogP contribution >= 0.6 is 0 Å². The Morgan fingerprint density at radius 3 is 2.73 bits per heavy atom. The number of aliphatic hydroxyl groups excluding tert-OH is 1. The van der Waals surface area contributed by atoms with Crippen LogP contribution in [0.4, 0.5) is 5.95 Å². The van der Waals surface area contributed by atoms with Crippen molar-refractivity contribution in [1.82, 2.24) is 29.2 Å². The van der Waals surface area contributed by atoms with E-state index in [0.29, 0.717) is 12.0 Å². The van der Waals surface area contributed by atoms with Crippen molar-refractivity contribution >= 4 is 17.1 Å². The number of nitrogens with one attached hydrogen (secondary N) is 1. The lowest BCUT2D eigenvalue weighted by Crippen LogP contribution is -2.29. The Morgan fingerprint density at radius 2 is 1.85 bits per heavy atom. The first-order valence-corrected chi connectivity index (χ1v) is 8.86. The van der Waals surface area contributed by atoms with Crippen molar-refractivity contribution in [3.8, 4) is 11.3 Å². The van der Waals surface area contributed by atoms with Gasteiger partial charge < -0.3 is 10.4 Å². The van der Waals surface area contributed by atoms with Crippen LogP contribution in [0.5, 0.6) is 0 Å². The number of nitrogens with zero attached hydrogens (tertiary/aromatic N) is 6. The molecule has 5 rings (SSSR count). The molecule has 26 heavy (non-hydrogen) atoms. The minimum Gasteiger partial charge on any atom is -0.393 e. The first-order chi connectivity index (χ1) is 12.8. The number of fused-ring (bicyclic) bond motifs is 2. The third kappa shape index (κ3) is 2.68. The van der Waals surface area contributed by atoms with Gasteiger partial charge in [-0.1, -0.05) is 0 Å². The molecule has 0 atom stereocenters. The second-order valence-electron chi connectivity index (χ2n) is 6.74. The molecule has 4 aromatic rings. The van der Waals surface area contributed by atoms with Crippen LogP contribution in [-0.4, -0.2) is 46.4 Å². The number of hydrogen-bond acceptors (Lipinski definition) is 6. The van der Waals surface area contributed by atoms with E-state index < -0.39 is 0 Å². The molecule has 0 bridgehead atoms. The molecule has 1 aliphatic rings. The minimum atomic E-state index is -0.163. The van der Waals surface area contributed by atoms with Crippen molar-refractivity contribution < 1.29 is 5.11 Å². The first kappa shape index (κ1) is 15.3. The van der Waals surface area contributed by atoms with Gasteiger partial charge >= 0.3 is 0 Å². The fourth-order valence-electron chi connectivity index (χ4n) is 3.54. The maximum absolute atomic E-state index is 9.62. The molecule has 0 aromatic carbocycles. The average molecular weight is 349 g/mol. The molecule has 1 fully saturated rings. The first-order valence-electron chi connectivity index (χ1n) is 8.86. The molecule has 2 N–H and O–H groups in total. The van der Waals surface area contributed by atoms with Gasteiger partial charge in [-0.05, 0) is 43.9 Å². The van der Waals surface area contributed by atoms with Crippen molar-refractivity contribution in [2.75, 3.05) is 5.32 Å². The largest absolute Gasteiger partial charge is 0.393 e. The lowest BCUT2D eigenvalue weighted by atomic mass is 9.93. The monoisotopic (exact) mass is 349 g/mol. The van der Waals surface area contributed by atoms with Crippen LogP contribution in [-0.2, 0) is 0 Å². The highest BCUT2D eigenvalue weighted by Gasteiger charge is 2.20. The summed E-state index contributed by atoms with van der Waals surface area (Å²) in [4.78, 5) is 8.70. The maximum Gasteiger partial charge on any atom is 0.241 e. The number of hydrogen-bond donors (Lipinski definition) is 2. The highest BCUT2D eigenvalue weighted by Crippen LogP contribution is 2.25. The smallest absolute Gasteiger partial charge is 0.241 e. The Bertz CT molecular complexity index is 1060. The Kier molecular flexibility index (Phi) is 3.56. The Hall–Kier alpha value is -3.00. The highest BCUT2D eigenvalue weighted by molar-refractivity contribution is 5.78. The van der Waals surface area contributed by atoms with Gasteiger partial charge in [0.2, 0.25) is 5.95 Å². The van der Waals surface area contributed by atoms with Gasteiger partial charge in [0.05, 0.1) is 23.5 Å². The second kappa shape index (κ2) is 6.06. The van der Waals surface area contributed by atoms with E-state index in [1.54, 1.807) is 10.7 Å². The summed E-state index contributed by atoms with van der Waals surface area (Å²) in [5.41, 5.74) is 3.55. The zero-order valence-corrected chi connectivity index (χ0v) is 14.2. The molecule has 0 saturated heterocycles. The van der Waals surface area contributed by atoms with E-state index in [9.17, 15) is 5.11 Å². The summed E-state index contributed by atoms with van der Waals surface area (Å²) in [6.07, 6.45) is 10.7. The topological polar surface area (TPSA) is 92.6 Å². The third-order valence-electron chi connectivity index (χ3n) is 4.98. The van der Waals surface area contributed by atoms with Crippen molar-refractivity contribution in [1.29, 1.82) is 0 Å². The molecule has 8 heteroatoms. The van der Waals surface area contributed by atoms with E-state index >= 15 is 0 Å².